The number of hydrogen-bond acceptors (Lipinski definition) is 4. The number of piperidine rings is 1. The number of thiophene rings is 1. The van der Waals surface area contributed by atoms with Gasteiger partial charge in [0.05, 0.1) is 16.1 Å². The summed E-state index contributed by atoms with van der Waals surface area (Å²) < 4.78 is 1.33. The molecule has 4 heterocycles. The third-order valence-corrected chi connectivity index (χ3v) is 6.62. The minimum absolute atomic E-state index is 0. The van der Waals surface area contributed by atoms with Crippen molar-refractivity contribution in [2.24, 2.45) is 0 Å². The highest BCUT2D eigenvalue weighted by atomic mass is 35.5. The number of fused-ring (bicyclic) bond motifs is 2. The molecule has 0 atom stereocenters. The van der Waals surface area contributed by atoms with E-state index in [9.17, 15) is 0 Å². The van der Waals surface area contributed by atoms with Gasteiger partial charge in [0.2, 0.25) is 0 Å². The van der Waals surface area contributed by atoms with Crippen LogP contribution in [0, 0.1) is 13.8 Å². The van der Waals surface area contributed by atoms with E-state index in [0.717, 1.165) is 41.5 Å². The van der Waals surface area contributed by atoms with Gasteiger partial charge >= 0.3 is 0 Å². The summed E-state index contributed by atoms with van der Waals surface area (Å²) in [4.78, 5) is 16.8. The molecule has 148 valence electrons. The minimum Gasteiger partial charge on any atom is -0.412 e. The first kappa shape index (κ1) is 20.6. The largest absolute Gasteiger partial charge is 0.412 e. The predicted molar refractivity (Wildman–Crippen MR) is 121 cm³/mol. The van der Waals surface area contributed by atoms with Gasteiger partial charge in [-0.25, -0.2) is 9.97 Å². The van der Waals surface area contributed by atoms with Crippen LogP contribution in [0.3, 0.4) is 0 Å². The normalized spacial score (nSPS) is 14.1. The molecule has 1 fully saturated rings. The molecule has 1 aliphatic heterocycles. The second-order valence-electron chi connectivity index (χ2n) is 7.14. The van der Waals surface area contributed by atoms with E-state index in [-0.39, 0.29) is 17.9 Å². The second-order valence-corrected chi connectivity index (χ2v) is 8.19. The van der Waals surface area contributed by atoms with Crippen molar-refractivity contribution >= 4 is 50.7 Å². The summed E-state index contributed by atoms with van der Waals surface area (Å²) in [6.45, 7) is 6.37. The number of H-pyrrole nitrogens is 1. The summed E-state index contributed by atoms with van der Waals surface area (Å²) in [5.41, 5.74) is 4.58. The maximum absolute atomic E-state index is 4.78. The smallest absolute Gasteiger partial charge is 0.156 e. The molecule has 3 N–H and O–H groups in total. The summed E-state index contributed by atoms with van der Waals surface area (Å²) in [6, 6.07) is 10.8. The standard InChI is InChI=1S/C21H22N4S.ClH.H2O/c1-13-15-8-4-5-9-18(15)26-20(13)17-12-16-19(24-17)21(23-14(2)22-16)25-10-6-3-7-11-25;;/h4-5,8-9,12,24H,3,6-7,10-11H2,1-2H3;1H;1H2. The summed E-state index contributed by atoms with van der Waals surface area (Å²) in [5, 5.41) is 1.34. The first-order chi connectivity index (χ1) is 12.7. The zero-order chi connectivity index (χ0) is 17.7. The fourth-order valence-electron chi connectivity index (χ4n) is 4.00. The molecule has 0 unspecified atom stereocenters. The summed E-state index contributed by atoms with van der Waals surface area (Å²) in [5.74, 6) is 1.91. The van der Waals surface area contributed by atoms with Crippen molar-refractivity contribution < 1.29 is 5.48 Å². The molecule has 4 aromatic rings. The van der Waals surface area contributed by atoms with Crippen molar-refractivity contribution in [1.82, 2.24) is 15.0 Å². The topological polar surface area (TPSA) is 76.3 Å². The summed E-state index contributed by atoms with van der Waals surface area (Å²) >= 11 is 1.84. The zero-order valence-corrected chi connectivity index (χ0v) is 17.7. The minimum atomic E-state index is 0. The Balaban J connectivity index is 0.00000112. The van der Waals surface area contributed by atoms with Crippen molar-refractivity contribution in [3.05, 3.63) is 41.7 Å². The van der Waals surface area contributed by atoms with Crippen LogP contribution < -0.4 is 4.90 Å². The average molecular weight is 417 g/mol. The van der Waals surface area contributed by atoms with Gasteiger partial charge in [0.1, 0.15) is 11.3 Å². The van der Waals surface area contributed by atoms with Gasteiger partial charge in [0.25, 0.3) is 0 Å². The lowest BCUT2D eigenvalue weighted by Crippen LogP contribution is -2.30. The zero-order valence-electron chi connectivity index (χ0n) is 16.1. The van der Waals surface area contributed by atoms with Crippen molar-refractivity contribution in [2.75, 3.05) is 18.0 Å². The van der Waals surface area contributed by atoms with E-state index in [1.54, 1.807) is 0 Å². The Morgan fingerprint density at radius 3 is 2.54 bits per heavy atom. The molecular formula is C21H25ClN4OS. The van der Waals surface area contributed by atoms with Gasteiger partial charge in [-0.2, -0.15) is 0 Å². The number of hydrogen-bond donors (Lipinski definition) is 1. The monoisotopic (exact) mass is 416 g/mol. The van der Waals surface area contributed by atoms with E-state index in [2.05, 4.69) is 47.1 Å². The number of nitrogens with one attached hydrogen (secondary N) is 1. The summed E-state index contributed by atoms with van der Waals surface area (Å²) in [7, 11) is 0. The van der Waals surface area contributed by atoms with Crippen molar-refractivity contribution in [3.8, 4) is 10.6 Å². The van der Waals surface area contributed by atoms with Crippen LogP contribution in [0.4, 0.5) is 5.82 Å². The molecule has 0 radical (unpaired) electrons. The third-order valence-electron chi connectivity index (χ3n) is 5.31. The SMILES string of the molecule is Cc1nc(N2CCCCC2)c2[nH]c(-c3sc4ccccc4c3C)cc2n1.Cl.O. The molecule has 7 heteroatoms. The number of rotatable bonds is 2. The van der Waals surface area contributed by atoms with E-state index in [4.69, 9.17) is 9.97 Å². The molecule has 1 aromatic carbocycles. The molecule has 0 amide bonds. The lowest BCUT2D eigenvalue weighted by molar-refractivity contribution is 0.574. The molecule has 5 nitrogen and oxygen atoms in total. The maximum atomic E-state index is 4.78. The predicted octanol–water partition coefficient (Wildman–Crippen LogP) is 5.04. The first-order valence-electron chi connectivity index (χ1n) is 9.31. The van der Waals surface area contributed by atoms with Crippen molar-refractivity contribution in [1.29, 1.82) is 0 Å². The van der Waals surface area contributed by atoms with Crippen LogP contribution >= 0.6 is 23.7 Å². The van der Waals surface area contributed by atoms with Crippen LogP contribution in [0.2, 0.25) is 0 Å². The van der Waals surface area contributed by atoms with Crippen LogP contribution in [-0.4, -0.2) is 33.5 Å². The van der Waals surface area contributed by atoms with Gasteiger partial charge in [-0.05, 0) is 56.2 Å². The Morgan fingerprint density at radius 1 is 1.04 bits per heavy atom. The molecule has 28 heavy (non-hydrogen) atoms. The lowest BCUT2D eigenvalue weighted by Gasteiger charge is -2.28. The highest BCUT2D eigenvalue weighted by molar-refractivity contribution is 7.22. The Labute approximate surface area is 174 Å². The van der Waals surface area contributed by atoms with Crippen LogP contribution in [-0.2, 0) is 0 Å². The van der Waals surface area contributed by atoms with Crippen molar-refractivity contribution in [2.45, 2.75) is 33.1 Å². The van der Waals surface area contributed by atoms with Crippen LogP contribution in [0.1, 0.15) is 30.7 Å². The Hall–Kier alpha value is -2.15. The molecule has 0 saturated carbocycles. The van der Waals surface area contributed by atoms with E-state index in [1.165, 1.54) is 39.8 Å². The lowest BCUT2D eigenvalue weighted by atomic mass is 10.1. The van der Waals surface area contributed by atoms with Gasteiger partial charge < -0.3 is 15.4 Å². The number of benzene rings is 1. The molecule has 0 bridgehead atoms. The van der Waals surface area contributed by atoms with E-state index in [0.29, 0.717) is 0 Å². The van der Waals surface area contributed by atoms with E-state index >= 15 is 0 Å². The van der Waals surface area contributed by atoms with Crippen LogP contribution in [0.15, 0.2) is 30.3 Å². The van der Waals surface area contributed by atoms with Crippen LogP contribution in [0.5, 0.6) is 0 Å². The highest BCUT2D eigenvalue weighted by Crippen LogP contribution is 2.39. The summed E-state index contributed by atoms with van der Waals surface area (Å²) in [6.07, 6.45) is 3.81. The number of nitrogens with zero attached hydrogens (tertiary/aromatic N) is 3. The molecule has 5 rings (SSSR count). The average Bonchev–Trinajstić information content (AvgIpc) is 3.23. The quantitative estimate of drug-likeness (QED) is 0.497. The Bertz CT molecular complexity index is 1110. The number of anilines is 1. The third kappa shape index (κ3) is 3.36. The number of halogens is 1. The van der Waals surface area contributed by atoms with E-state index < -0.39 is 0 Å². The van der Waals surface area contributed by atoms with Gasteiger partial charge in [-0.15, -0.1) is 23.7 Å². The van der Waals surface area contributed by atoms with Gasteiger partial charge in [0.15, 0.2) is 5.82 Å². The van der Waals surface area contributed by atoms with Crippen LogP contribution in [0.25, 0.3) is 31.7 Å². The fraction of sp³-hybridized carbons (Fsp3) is 0.333. The molecule has 0 aliphatic carbocycles. The fourth-order valence-corrected chi connectivity index (χ4v) is 5.18. The number of aromatic amines is 1. The maximum Gasteiger partial charge on any atom is 0.156 e. The van der Waals surface area contributed by atoms with Gasteiger partial charge in [-0.3, -0.25) is 0 Å². The first-order valence-corrected chi connectivity index (χ1v) is 10.1. The van der Waals surface area contributed by atoms with E-state index in [1.807, 2.05) is 18.3 Å². The highest BCUT2D eigenvalue weighted by Gasteiger charge is 2.20. The number of aryl methyl sites for hydroxylation is 2. The molecule has 0 spiro atoms. The molecular weight excluding hydrogens is 392 g/mol. The van der Waals surface area contributed by atoms with Crippen molar-refractivity contribution in [3.63, 3.8) is 0 Å². The van der Waals surface area contributed by atoms with Gasteiger partial charge in [0, 0.05) is 17.8 Å². The Kier molecular flexibility index (Phi) is 5.93. The number of aromatic nitrogens is 3. The molecule has 1 aliphatic rings. The molecule has 3 aromatic heterocycles. The second kappa shape index (κ2) is 8.07. The Morgan fingerprint density at radius 2 is 1.79 bits per heavy atom. The van der Waals surface area contributed by atoms with Gasteiger partial charge in [-0.1, -0.05) is 18.2 Å². The molecule has 1 saturated heterocycles.